The summed E-state index contributed by atoms with van der Waals surface area (Å²) in [6.07, 6.45) is 5.36. The lowest BCUT2D eigenvalue weighted by Crippen LogP contribution is -2.16. The molecule has 0 spiro atoms. The van der Waals surface area contributed by atoms with E-state index in [-0.39, 0.29) is 20.4 Å². The lowest BCUT2D eigenvalue weighted by Gasteiger charge is -2.06. The number of unbranched alkanes of at least 4 members (excludes halogenated alkanes) is 2. The molecule has 0 heterocycles. The van der Waals surface area contributed by atoms with Gasteiger partial charge in [-0.1, -0.05) is 49.6 Å². The molecule has 0 saturated heterocycles. The Hall–Kier alpha value is -0.0138. The molecule has 1 aromatic carbocycles. The average molecular weight is 187 g/mol. The lowest BCUT2D eigenvalue weighted by atomic mass is 10.1. The van der Waals surface area contributed by atoms with Crippen LogP contribution in [0.5, 0.6) is 0 Å². The van der Waals surface area contributed by atoms with Gasteiger partial charge in [0.25, 0.3) is 0 Å². The molecule has 0 amide bonds. The smallest absolute Gasteiger partial charge is 0.171 e. The molecule has 0 radical (unpaired) electrons. The maximum atomic E-state index is 2.37. The Balaban J connectivity index is 2.54. The Morgan fingerprint density at radius 1 is 1.15 bits per heavy atom. The predicted molar refractivity (Wildman–Crippen MR) is 60.9 cm³/mol. The Bertz CT molecular complexity index is 243. The molecule has 13 heavy (non-hydrogen) atoms. The molecular weight excluding hydrogens is 168 g/mol. The fourth-order valence-corrected chi connectivity index (χ4v) is 2.83. The van der Waals surface area contributed by atoms with Gasteiger partial charge in [0.2, 0.25) is 0 Å². The first-order valence-corrected chi connectivity index (χ1v) is 7.57. The van der Waals surface area contributed by atoms with E-state index in [2.05, 4.69) is 36.2 Å². The minimum absolute atomic E-state index is 0.0281. The van der Waals surface area contributed by atoms with Gasteiger partial charge in [-0.25, -0.2) is 0 Å². The van der Waals surface area contributed by atoms with Crippen molar-refractivity contribution in [1.29, 1.82) is 0 Å². The highest BCUT2D eigenvalue weighted by Gasteiger charge is 1.99. The van der Waals surface area contributed by atoms with E-state index in [0.29, 0.717) is 0 Å². The first-order valence-electron chi connectivity index (χ1n) is 5.45. The highest BCUT2D eigenvalue weighted by molar-refractivity contribution is 6.52. The van der Waals surface area contributed by atoms with Crippen LogP contribution in [0.15, 0.2) is 24.3 Å². The molecule has 0 N–H and O–H groups in total. The van der Waals surface area contributed by atoms with Gasteiger partial charge in [-0.3, -0.25) is 0 Å². The van der Waals surface area contributed by atoms with Crippen molar-refractivity contribution in [2.45, 2.75) is 37.7 Å². The van der Waals surface area contributed by atoms with Crippen molar-refractivity contribution in [2.75, 3.05) is 0 Å². The Labute approximate surface area is 91.5 Å². The molecule has 0 saturated carbocycles. The standard InChI is InChI=1S/C11H15.CH3.Mg/c1-2-3-5-8-11-9-6-4-7-10-11;;/h4,6-7,9H,2-3,5,8H2,1H3;1H3;. The van der Waals surface area contributed by atoms with Gasteiger partial charge in [0, 0.05) is 0 Å². The van der Waals surface area contributed by atoms with Crippen molar-refractivity contribution >= 4 is 24.1 Å². The molecule has 0 atom stereocenters. The predicted octanol–water partition coefficient (Wildman–Crippen LogP) is 2.80. The number of benzene rings is 1. The van der Waals surface area contributed by atoms with Gasteiger partial charge in [0.1, 0.15) is 0 Å². The Morgan fingerprint density at radius 3 is 2.62 bits per heavy atom. The van der Waals surface area contributed by atoms with Gasteiger partial charge in [0.15, 0.2) is 0 Å². The first-order chi connectivity index (χ1) is 6.38. The molecular formula is C12H18Mg. The molecule has 0 aromatic heterocycles. The summed E-state index contributed by atoms with van der Waals surface area (Å²) in [6, 6.07) is 8.97. The SMILES string of the molecule is CCCCCc1cccc[c]1[Mg][CH3]. The second kappa shape index (κ2) is 6.44. The number of hydrogen-bond acceptors (Lipinski definition) is 0. The molecule has 1 aromatic rings. The zero-order valence-corrected chi connectivity index (χ0v) is 10.3. The second-order valence-electron chi connectivity index (χ2n) is 3.58. The van der Waals surface area contributed by atoms with Gasteiger partial charge < -0.3 is 0 Å². The summed E-state index contributed by atoms with van der Waals surface area (Å²) in [5.74, 6) is 0. The number of aryl methyl sites for hydroxylation is 1. The third-order valence-electron chi connectivity index (χ3n) is 2.55. The normalized spacial score (nSPS) is 9.69. The third kappa shape index (κ3) is 3.69. The summed E-state index contributed by atoms with van der Waals surface area (Å²) in [6.45, 7) is 2.26. The molecule has 1 heteroatoms. The lowest BCUT2D eigenvalue weighted by molar-refractivity contribution is 0.719. The highest BCUT2D eigenvalue weighted by atomic mass is 24.5. The first kappa shape index (κ1) is 11.1. The van der Waals surface area contributed by atoms with E-state index < -0.39 is 0 Å². The van der Waals surface area contributed by atoms with Crippen molar-refractivity contribution in [2.24, 2.45) is 0 Å². The molecule has 0 unspecified atom stereocenters. The van der Waals surface area contributed by atoms with Gasteiger partial charge in [0.05, 0.1) is 0 Å². The summed E-state index contributed by atoms with van der Waals surface area (Å²) in [7, 11) is 0. The minimum atomic E-state index is 0.0281. The summed E-state index contributed by atoms with van der Waals surface area (Å²) in [4.78, 5) is 0. The van der Waals surface area contributed by atoms with E-state index in [0.717, 1.165) is 0 Å². The maximum absolute atomic E-state index is 2.37. The van der Waals surface area contributed by atoms with E-state index in [1.54, 1.807) is 9.26 Å². The quantitative estimate of drug-likeness (QED) is 0.490. The Kier molecular flexibility index (Phi) is 5.48. The largest absolute Gasteiger partial charge is 0.405 e. The van der Waals surface area contributed by atoms with Crippen molar-refractivity contribution in [3.8, 4) is 0 Å². The van der Waals surface area contributed by atoms with Crippen LogP contribution < -0.4 is 3.69 Å². The summed E-state index contributed by atoms with van der Waals surface area (Å²) in [5, 5.41) is 2.37. The van der Waals surface area contributed by atoms with E-state index in [1.165, 1.54) is 25.7 Å². The van der Waals surface area contributed by atoms with Crippen molar-refractivity contribution in [3.63, 3.8) is 0 Å². The Morgan fingerprint density at radius 2 is 1.92 bits per heavy atom. The zero-order chi connectivity index (χ0) is 9.52. The van der Waals surface area contributed by atoms with E-state index in [9.17, 15) is 0 Å². The molecule has 1 rings (SSSR count). The van der Waals surface area contributed by atoms with Gasteiger partial charge in [-0.2, -0.15) is 3.69 Å². The van der Waals surface area contributed by atoms with Crippen molar-refractivity contribution in [1.82, 2.24) is 0 Å². The van der Waals surface area contributed by atoms with E-state index in [4.69, 9.17) is 0 Å². The van der Waals surface area contributed by atoms with Gasteiger partial charge in [-0.05, 0) is 12.8 Å². The van der Waals surface area contributed by atoms with E-state index in [1.807, 2.05) is 0 Å². The molecule has 0 bridgehead atoms. The van der Waals surface area contributed by atoms with Crippen LogP contribution in [0.25, 0.3) is 0 Å². The van der Waals surface area contributed by atoms with Crippen LogP contribution in [0, 0.1) is 0 Å². The van der Waals surface area contributed by atoms with Crippen LogP contribution in [0.4, 0.5) is 0 Å². The number of hydrogen-bond donors (Lipinski definition) is 0. The van der Waals surface area contributed by atoms with Crippen LogP contribution in [0.1, 0.15) is 31.7 Å². The second-order valence-corrected chi connectivity index (χ2v) is 5.05. The van der Waals surface area contributed by atoms with Crippen LogP contribution in [-0.4, -0.2) is 20.4 Å². The zero-order valence-electron chi connectivity index (χ0n) is 8.84. The fourth-order valence-electron chi connectivity index (χ4n) is 1.71. The van der Waals surface area contributed by atoms with Crippen LogP contribution in [0.3, 0.4) is 0 Å². The molecule has 0 aliphatic heterocycles. The van der Waals surface area contributed by atoms with Gasteiger partial charge in [-0.15, -0.1) is 5.05 Å². The summed E-state index contributed by atoms with van der Waals surface area (Å²) < 4.78 is 1.67. The molecule has 0 fully saturated rings. The molecule has 68 valence electrons. The minimum Gasteiger partial charge on any atom is -0.171 e. The molecule has 0 nitrogen and oxygen atoms in total. The fraction of sp³-hybridized carbons (Fsp3) is 0.500. The summed E-state index contributed by atoms with van der Waals surface area (Å²) in [5.41, 5.74) is 1.62. The van der Waals surface area contributed by atoms with Crippen LogP contribution in [0.2, 0.25) is 5.05 Å². The highest BCUT2D eigenvalue weighted by Crippen LogP contribution is 2.04. The van der Waals surface area contributed by atoms with Gasteiger partial charge >= 0.3 is 20.4 Å². The summed E-state index contributed by atoms with van der Waals surface area (Å²) >= 11 is 0.0281. The topological polar surface area (TPSA) is 0 Å². The monoisotopic (exact) mass is 186 g/mol. The maximum Gasteiger partial charge on any atom is 0.405 e. The van der Waals surface area contributed by atoms with Crippen LogP contribution in [-0.2, 0) is 6.42 Å². The van der Waals surface area contributed by atoms with Crippen molar-refractivity contribution in [3.05, 3.63) is 29.8 Å². The number of rotatable bonds is 5. The molecule has 0 aliphatic carbocycles. The van der Waals surface area contributed by atoms with Crippen molar-refractivity contribution < 1.29 is 0 Å². The average Bonchev–Trinajstić information content (AvgIpc) is 2.19. The molecule has 0 aliphatic rings. The third-order valence-corrected chi connectivity index (χ3v) is 4.00. The van der Waals surface area contributed by atoms with Crippen LogP contribution >= 0.6 is 0 Å². The van der Waals surface area contributed by atoms with E-state index >= 15 is 0 Å².